The summed E-state index contributed by atoms with van der Waals surface area (Å²) in [6.45, 7) is 3.89. The summed E-state index contributed by atoms with van der Waals surface area (Å²) < 4.78 is 5.26. The van der Waals surface area contributed by atoms with E-state index in [0.717, 1.165) is 17.3 Å². The van der Waals surface area contributed by atoms with E-state index in [1.54, 1.807) is 6.07 Å². The number of fused-ring (bicyclic) bond motifs is 1. The third-order valence-corrected chi connectivity index (χ3v) is 2.67. The van der Waals surface area contributed by atoms with Gasteiger partial charge in [-0.1, -0.05) is 6.92 Å². The topological polar surface area (TPSA) is 42.1 Å². The molecule has 1 heterocycles. The van der Waals surface area contributed by atoms with Gasteiger partial charge >= 0.3 is 5.97 Å². The molecule has 2 rings (SSSR count). The summed E-state index contributed by atoms with van der Waals surface area (Å²) in [6.07, 6.45) is 2.65. The first-order chi connectivity index (χ1) is 7.70. The summed E-state index contributed by atoms with van der Waals surface area (Å²) in [5.74, 6) is -0.252. The smallest absolute Gasteiger partial charge is 0.338 e. The number of nitrogens with one attached hydrogen (secondary N) is 1. The van der Waals surface area contributed by atoms with Gasteiger partial charge in [0.15, 0.2) is 0 Å². The Labute approximate surface area is 94.4 Å². The van der Waals surface area contributed by atoms with Gasteiger partial charge in [-0.05, 0) is 37.6 Å². The van der Waals surface area contributed by atoms with Gasteiger partial charge in [-0.15, -0.1) is 0 Å². The molecule has 1 N–H and O–H groups in total. The Morgan fingerprint density at radius 3 is 3.00 bits per heavy atom. The summed E-state index contributed by atoms with van der Waals surface area (Å²) in [6, 6.07) is 7.46. The van der Waals surface area contributed by atoms with E-state index < -0.39 is 0 Å². The molecule has 2 aromatic rings. The summed E-state index contributed by atoms with van der Waals surface area (Å²) in [7, 11) is 0. The van der Waals surface area contributed by atoms with Gasteiger partial charge in [0.2, 0.25) is 0 Å². The lowest BCUT2D eigenvalue weighted by Gasteiger charge is -2.10. The van der Waals surface area contributed by atoms with E-state index in [-0.39, 0.29) is 12.1 Å². The summed E-state index contributed by atoms with van der Waals surface area (Å²) in [5, 5.41) is 1.03. The van der Waals surface area contributed by atoms with Crippen molar-refractivity contribution >= 4 is 16.9 Å². The maximum atomic E-state index is 11.7. The van der Waals surface area contributed by atoms with Gasteiger partial charge in [-0.25, -0.2) is 4.79 Å². The first-order valence-electron chi connectivity index (χ1n) is 5.49. The molecule has 0 radical (unpaired) electrons. The molecule has 0 fully saturated rings. The molecule has 1 atom stereocenters. The zero-order chi connectivity index (χ0) is 11.5. The van der Waals surface area contributed by atoms with E-state index in [0.29, 0.717) is 5.56 Å². The largest absolute Gasteiger partial charge is 0.459 e. The van der Waals surface area contributed by atoms with Crippen molar-refractivity contribution < 1.29 is 9.53 Å². The Kier molecular flexibility index (Phi) is 2.95. The van der Waals surface area contributed by atoms with Crippen LogP contribution in [0.3, 0.4) is 0 Å². The number of rotatable bonds is 3. The van der Waals surface area contributed by atoms with Gasteiger partial charge in [0.1, 0.15) is 0 Å². The second-order valence-corrected chi connectivity index (χ2v) is 3.90. The number of aromatic amines is 1. The Morgan fingerprint density at radius 1 is 1.44 bits per heavy atom. The van der Waals surface area contributed by atoms with Crippen LogP contribution in [0.5, 0.6) is 0 Å². The van der Waals surface area contributed by atoms with Gasteiger partial charge in [-0.2, -0.15) is 0 Å². The number of carbonyl (C=O) groups is 1. The zero-order valence-electron chi connectivity index (χ0n) is 9.49. The van der Waals surface area contributed by atoms with Crippen molar-refractivity contribution in [1.82, 2.24) is 4.98 Å². The highest BCUT2D eigenvalue weighted by molar-refractivity contribution is 5.94. The number of esters is 1. The molecule has 0 amide bonds. The Hall–Kier alpha value is -1.77. The normalized spacial score (nSPS) is 12.6. The number of hydrogen-bond donors (Lipinski definition) is 1. The summed E-state index contributed by atoms with van der Waals surface area (Å²) in [4.78, 5) is 14.8. The Morgan fingerprint density at radius 2 is 2.25 bits per heavy atom. The maximum absolute atomic E-state index is 11.7. The van der Waals surface area contributed by atoms with Gasteiger partial charge in [0.25, 0.3) is 0 Å². The van der Waals surface area contributed by atoms with Crippen molar-refractivity contribution in [3.8, 4) is 0 Å². The SMILES string of the molecule is CCC(C)OC(=O)c1ccc2[nH]ccc2c1. The van der Waals surface area contributed by atoms with Crippen molar-refractivity contribution in [2.24, 2.45) is 0 Å². The third kappa shape index (κ3) is 2.08. The van der Waals surface area contributed by atoms with Crippen molar-refractivity contribution in [3.05, 3.63) is 36.0 Å². The fourth-order valence-corrected chi connectivity index (χ4v) is 1.51. The van der Waals surface area contributed by atoms with E-state index in [2.05, 4.69) is 4.98 Å². The Bertz CT molecular complexity index is 501. The highest BCUT2D eigenvalue weighted by Crippen LogP contribution is 2.15. The van der Waals surface area contributed by atoms with Gasteiger partial charge < -0.3 is 9.72 Å². The van der Waals surface area contributed by atoms with Crippen LogP contribution in [0.25, 0.3) is 10.9 Å². The number of aromatic nitrogens is 1. The highest BCUT2D eigenvalue weighted by Gasteiger charge is 2.11. The molecule has 1 aromatic carbocycles. The monoisotopic (exact) mass is 217 g/mol. The molecule has 0 bridgehead atoms. The first kappa shape index (κ1) is 10.7. The summed E-state index contributed by atoms with van der Waals surface area (Å²) >= 11 is 0. The zero-order valence-corrected chi connectivity index (χ0v) is 9.49. The predicted molar refractivity (Wildman–Crippen MR) is 63.5 cm³/mol. The first-order valence-corrected chi connectivity index (χ1v) is 5.49. The highest BCUT2D eigenvalue weighted by atomic mass is 16.5. The average Bonchev–Trinajstić information content (AvgIpc) is 2.75. The molecular weight excluding hydrogens is 202 g/mol. The Balaban J connectivity index is 2.22. The molecule has 16 heavy (non-hydrogen) atoms. The fraction of sp³-hybridized carbons (Fsp3) is 0.308. The van der Waals surface area contributed by atoms with Crippen molar-refractivity contribution in [1.29, 1.82) is 0 Å². The fourth-order valence-electron chi connectivity index (χ4n) is 1.51. The van der Waals surface area contributed by atoms with Crippen LogP contribution < -0.4 is 0 Å². The standard InChI is InChI=1S/C13H15NO2/c1-3-9(2)16-13(15)11-4-5-12-10(8-11)6-7-14-12/h4-9,14H,3H2,1-2H3. The van der Waals surface area contributed by atoms with Crippen LogP contribution >= 0.6 is 0 Å². The number of ether oxygens (including phenoxy) is 1. The minimum absolute atomic E-state index is 0.0329. The van der Waals surface area contributed by atoms with E-state index >= 15 is 0 Å². The van der Waals surface area contributed by atoms with Crippen LogP contribution in [0, 0.1) is 0 Å². The lowest BCUT2D eigenvalue weighted by atomic mass is 10.1. The van der Waals surface area contributed by atoms with Crippen molar-refractivity contribution in [2.75, 3.05) is 0 Å². The summed E-state index contributed by atoms with van der Waals surface area (Å²) in [5.41, 5.74) is 1.63. The van der Waals surface area contributed by atoms with Crippen LogP contribution in [0.15, 0.2) is 30.5 Å². The number of hydrogen-bond acceptors (Lipinski definition) is 2. The molecule has 0 spiro atoms. The molecule has 84 valence electrons. The number of carbonyl (C=O) groups excluding carboxylic acids is 1. The van der Waals surface area contributed by atoms with E-state index in [1.165, 1.54) is 0 Å². The molecule has 0 saturated heterocycles. The predicted octanol–water partition coefficient (Wildman–Crippen LogP) is 3.12. The molecule has 1 unspecified atom stereocenters. The molecule has 0 aliphatic carbocycles. The van der Waals surface area contributed by atoms with Crippen molar-refractivity contribution in [2.45, 2.75) is 26.4 Å². The van der Waals surface area contributed by atoms with Gasteiger partial charge in [0, 0.05) is 17.1 Å². The minimum Gasteiger partial charge on any atom is -0.459 e. The number of benzene rings is 1. The molecule has 0 saturated carbocycles. The minimum atomic E-state index is -0.252. The lowest BCUT2D eigenvalue weighted by Crippen LogP contribution is -2.13. The molecule has 3 nitrogen and oxygen atoms in total. The molecule has 3 heteroatoms. The van der Waals surface area contributed by atoms with Crippen LogP contribution in [0.2, 0.25) is 0 Å². The lowest BCUT2D eigenvalue weighted by molar-refractivity contribution is 0.0334. The van der Waals surface area contributed by atoms with E-state index in [1.807, 2.05) is 38.2 Å². The van der Waals surface area contributed by atoms with Crippen LogP contribution in [0.4, 0.5) is 0 Å². The average molecular weight is 217 g/mol. The molecular formula is C13H15NO2. The van der Waals surface area contributed by atoms with Gasteiger partial charge in [-0.3, -0.25) is 0 Å². The van der Waals surface area contributed by atoms with E-state index in [4.69, 9.17) is 4.74 Å². The third-order valence-electron chi connectivity index (χ3n) is 2.67. The molecule has 1 aromatic heterocycles. The van der Waals surface area contributed by atoms with Crippen LogP contribution in [0.1, 0.15) is 30.6 Å². The maximum Gasteiger partial charge on any atom is 0.338 e. The van der Waals surface area contributed by atoms with Gasteiger partial charge in [0.05, 0.1) is 11.7 Å². The van der Waals surface area contributed by atoms with Crippen molar-refractivity contribution in [3.63, 3.8) is 0 Å². The number of H-pyrrole nitrogens is 1. The van der Waals surface area contributed by atoms with Crippen LogP contribution in [-0.2, 0) is 4.74 Å². The second-order valence-electron chi connectivity index (χ2n) is 3.90. The van der Waals surface area contributed by atoms with E-state index in [9.17, 15) is 4.79 Å². The molecule has 0 aliphatic heterocycles. The second kappa shape index (κ2) is 4.39. The quantitative estimate of drug-likeness (QED) is 0.802. The van der Waals surface area contributed by atoms with Crippen LogP contribution in [-0.4, -0.2) is 17.1 Å². The molecule has 0 aliphatic rings.